The van der Waals surface area contributed by atoms with Crippen LogP contribution in [0.3, 0.4) is 0 Å². The van der Waals surface area contributed by atoms with Gasteiger partial charge in [-0.25, -0.2) is 14.4 Å². The highest BCUT2D eigenvalue weighted by Gasteiger charge is 1.60. The predicted octanol–water partition coefficient (Wildman–Crippen LogP) is -1.96. The fourth-order valence-electron chi connectivity index (χ4n) is 0. The molecule has 0 aliphatic carbocycles. The smallest absolute Gasteiger partial charge is 0.309 e. The highest BCUT2D eigenvalue weighted by Crippen LogP contribution is 1.25. The molecule has 0 saturated heterocycles. The summed E-state index contributed by atoms with van der Waals surface area (Å²) in [5.41, 5.74) is 8.50. The third-order valence-corrected chi connectivity index (χ3v) is 0.0417. The molecule has 0 fully saturated rings. The number of hydrogen-bond acceptors (Lipinski definition) is 4. The first-order valence-corrected chi connectivity index (χ1v) is 1.73. The Morgan fingerprint density at radius 2 is 1.20 bits per heavy atom. The molecular weight excluding hydrogens is 140 g/mol. The summed E-state index contributed by atoms with van der Waals surface area (Å²) in [5, 5.41) is 0. The van der Waals surface area contributed by atoms with Crippen molar-refractivity contribution in [1.82, 2.24) is 0 Å². The van der Waals surface area contributed by atoms with Crippen LogP contribution < -0.4 is 11.5 Å². The van der Waals surface area contributed by atoms with E-state index in [-0.39, 0.29) is 0 Å². The van der Waals surface area contributed by atoms with Crippen LogP contribution in [-0.4, -0.2) is 24.7 Å². The summed E-state index contributed by atoms with van der Waals surface area (Å²) >= 11 is 0. The van der Waals surface area contributed by atoms with E-state index in [0.29, 0.717) is 0 Å². The van der Waals surface area contributed by atoms with Crippen molar-refractivity contribution in [1.29, 1.82) is 0 Å². The van der Waals surface area contributed by atoms with Gasteiger partial charge in [0, 0.05) is 0 Å². The van der Waals surface area contributed by atoms with Crippen LogP contribution in [0.1, 0.15) is 0 Å². The SMILES string of the molecule is C=O.NC(N)=O.O=C=C=O. The first-order valence-electron chi connectivity index (χ1n) is 1.73. The largest absolute Gasteiger partial charge is 0.352 e. The van der Waals surface area contributed by atoms with Gasteiger partial charge in [0.1, 0.15) is 6.79 Å². The Balaban J connectivity index is -0.0000000787. The molecule has 2 amide bonds. The summed E-state index contributed by atoms with van der Waals surface area (Å²) in [6.45, 7) is 2.00. The number of urea groups is 1. The first kappa shape index (κ1) is 15.7. The van der Waals surface area contributed by atoms with Gasteiger partial charge in [0.25, 0.3) is 0 Å². The monoisotopic (exact) mass is 146 g/mol. The molecular formula is C4H6N2O4. The number of carbonyl (C=O) groups excluding carboxylic acids is 4. The van der Waals surface area contributed by atoms with Gasteiger partial charge >= 0.3 is 6.03 Å². The Kier molecular flexibility index (Phi) is 43.2. The number of carbonyl (C=O) groups is 2. The third-order valence-electron chi connectivity index (χ3n) is 0.0417. The number of rotatable bonds is 0. The third kappa shape index (κ3) is 196. The van der Waals surface area contributed by atoms with Gasteiger partial charge in [-0.2, -0.15) is 0 Å². The second-order valence-corrected chi connectivity index (χ2v) is 0.606. The number of hydrogen-bond donors (Lipinski definition) is 2. The van der Waals surface area contributed by atoms with E-state index in [1.165, 1.54) is 0 Å². The molecule has 0 saturated carbocycles. The van der Waals surface area contributed by atoms with E-state index in [4.69, 9.17) is 19.2 Å². The van der Waals surface area contributed by atoms with Gasteiger partial charge in [0.2, 0.25) is 11.9 Å². The Morgan fingerprint density at radius 1 is 1.10 bits per heavy atom. The van der Waals surface area contributed by atoms with Gasteiger partial charge in [0.05, 0.1) is 0 Å². The molecule has 4 N–H and O–H groups in total. The van der Waals surface area contributed by atoms with Gasteiger partial charge in [-0.1, -0.05) is 0 Å². The maximum Gasteiger partial charge on any atom is 0.309 e. The molecule has 0 aromatic heterocycles. The topological polar surface area (TPSA) is 120 Å². The van der Waals surface area contributed by atoms with Crippen LogP contribution in [-0.2, 0) is 14.4 Å². The molecule has 6 heteroatoms. The molecule has 56 valence electrons. The van der Waals surface area contributed by atoms with Crippen molar-refractivity contribution in [3.63, 3.8) is 0 Å². The molecule has 0 heterocycles. The van der Waals surface area contributed by atoms with E-state index in [1.807, 2.05) is 6.79 Å². The molecule has 0 unspecified atom stereocenters. The standard InChI is InChI=1S/C2O2.CH4N2O.CH2O/c3-1-2-4;2-1(3)4;1-2/h;(H4,2,3,4);1H2. The molecule has 10 heavy (non-hydrogen) atoms. The fourth-order valence-corrected chi connectivity index (χ4v) is 0. The van der Waals surface area contributed by atoms with Gasteiger partial charge in [0.15, 0.2) is 0 Å². The van der Waals surface area contributed by atoms with Crippen LogP contribution in [0.4, 0.5) is 4.79 Å². The van der Waals surface area contributed by atoms with E-state index in [9.17, 15) is 0 Å². The second kappa shape index (κ2) is 27.5. The minimum atomic E-state index is -0.833. The van der Waals surface area contributed by atoms with Crippen LogP contribution in [0.2, 0.25) is 0 Å². The quantitative estimate of drug-likeness (QED) is 0.385. The minimum Gasteiger partial charge on any atom is -0.352 e. The predicted molar refractivity (Wildman–Crippen MR) is 32.3 cm³/mol. The molecule has 0 aliphatic heterocycles. The van der Waals surface area contributed by atoms with Gasteiger partial charge < -0.3 is 16.3 Å². The molecule has 0 aromatic carbocycles. The van der Waals surface area contributed by atoms with Crippen molar-refractivity contribution in [2.75, 3.05) is 0 Å². The lowest BCUT2D eigenvalue weighted by molar-refractivity contribution is -0.0979. The van der Waals surface area contributed by atoms with Crippen molar-refractivity contribution in [2.45, 2.75) is 0 Å². The van der Waals surface area contributed by atoms with E-state index >= 15 is 0 Å². The summed E-state index contributed by atoms with van der Waals surface area (Å²) < 4.78 is 0. The molecule has 0 bridgehead atoms. The van der Waals surface area contributed by atoms with Gasteiger partial charge in [-0.05, 0) is 0 Å². The summed E-state index contributed by atoms with van der Waals surface area (Å²) in [6.07, 6.45) is 0. The van der Waals surface area contributed by atoms with Crippen molar-refractivity contribution >= 4 is 24.7 Å². The normalized spacial score (nSPS) is 4.00. The maximum atomic E-state index is 9.00. The molecule has 6 nitrogen and oxygen atoms in total. The number of primary amides is 2. The van der Waals surface area contributed by atoms with Crippen molar-refractivity contribution in [3.8, 4) is 0 Å². The molecule has 0 spiro atoms. The van der Waals surface area contributed by atoms with Crippen molar-refractivity contribution in [3.05, 3.63) is 0 Å². The van der Waals surface area contributed by atoms with Crippen LogP contribution in [0.25, 0.3) is 0 Å². The van der Waals surface area contributed by atoms with Crippen LogP contribution >= 0.6 is 0 Å². The minimum absolute atomic E-state index is 0.833. The molecule has 0 aliphatic rings. The lowest BCUT2D eigenvalue weighted by Gasteiger charge is -1.62. The zero-order valence-corrected chi connectivity index (χ0v) is 4.99. The fraction of sp³-hybridized carbons (Fsp3) is 0. The van der Waals surface area contributed by atoms with Crippen LogP contribution in [0, 0.1) is 0 Å². The van der Waals surface area contributed by atoms with E-state index in [1.54, 1.807) is 0 Å². The number of nitrogens with two attached hydrogens (primary N) is 2. The molecule has 0 radical (unpaired) electrons. The first-order chi connectivity index (χ1) is 4.65. The lowest BCUT2D eigenvalue weighted by Crippen LogP contribution is -2.18. The summed E-state index contributed by atoms with van der Waals surface area (Å²) in [4.78, 5) is 34.2. The molecule has 0 atom stereocenters. The average Bonchev–Trinajstić information content (AvgIpc) is 1.91. The lowest BCUT2D eigenvalue weighted by atomic mass is 11.2. The van der Waals surface area contributed by atoms with Gasteiger partial charge in [-0.15, -0.1) is 0 Å². The number of amides is 2. The van der Waals surface area contributed by atoms with E-state index in [0.717, 1.165) is 11.9 Å². The molecule has 0 rings (SSSR count). The summed E-state index contributed by atoms with van der Waals surface area (Å²) in [7, 11) is 0. The van der Waals surface area contributed by atoms with Crippen LogP contribution in [0.15, 0.2) is 0 Å². The maximum absolute atomic E-state index is 9.00. The molecule has 0 aromatic rings. The van der Waals surface area contributed by atoms with Crippen molar-refractivity contribution < 1.29 is 19.2 Å². The average molecular weight is 146 g/mol. The van der Waals surface area contributed by atoms with E-state index in [2.05, 4.69) is 11.5 Å². The Morgan fingerprint density at radius 3 is 1.20 bits per heavy atom. The zero-order valence-electron chi connectivity index (χ0n) is 4.99. The van der Waals surface area contributed by atoms with Crippen LogP contribution in [0.5, 0.6) is 0 Å². The second-order valence-electron chi connectivity index (χ2n) is 0.606. The summed E-state index contributed by atoms with van der Waals surface area (Å²) in [5.74, 6) is 1.75. The summed E-state index contributed by atoms with van der Waals surface area (Å²) in [6, 6.07) is -0.833. The Labute approximate surface area is 56.5 Å². The zero-order chi connectivity index (χ0) is 8.99. The Bertz CT molecular complexity index is 131. The van der Waals surface area contributed by atoms with Gasteiger partial charge in [-0.3, -0.25) is 0 Å². The highest BCUT2D eigenvalue weighted by atomic mass is 16.2. The van der Waals surface area contributed by atoms with Crippen molar-refractivity contribution in [2.24, 2.45) is 11.5 Å². The Hall–Kier alpha value is -1.90. The highest BCUT2D eigenvalue weighted by molar-refractivity contribution is 5.81. The van der Waals surface area contributed by atoms with E-state index < -0.39 is 6.03 Å².